The van der Waals surface area contributed by atoms with Crippen LogP contribution in [0.15, 0.2) is 47.6 Å². The third-order valence-corrected chi connectivity index (χ3v) is 3.76. The predicted octanol–water partition coefficient (Wildman–Crippen LogP) is 4.32. The molecular weight excluding hydrogens is 338 g/mol. The van der Waals surface area contributed by atoms with Crippen LogP contribution in [0.1, 0.15) is 36.5 Å². The van der Waals surface area contributed by atoms with Gasteiger partial charge in [0, 0.05) is 5.69 Å². The van der Waals surface area contributed by atoms with Crippen LogP contribution in [0.2, 0.25) is 5.02 Å². The maximum absolute atomic E-state index is 11.8. The normalized spacial score (nSPS) is 10.7. The van der Waals surface area contributed by atoms with Crippen molar-refractivity contribution >= 4 is 29.4 Å². The molecule has 0 aliphatic rings. The van der Waals surface area contributed by atoms with E-state index in [1.54, 1.807) is 12.3 Å². The summed E-state index contributed by atoms with van der Waals surface area (Å²) >= 11 is 5.91. The minimum atomic E-state index is -0.368. The number of nitriles is 1. The number of nitrogens with zero attached hydrogens (tertiary/aromatic N) is 2. The van der Waals surface area contributed by atoms with Gasteiger partial charge in [-0.2, -0.15) is 5.26 Å². The van der Waals surface area contributed by atoms with Crippen molar-refractivity contribution in [3.63, 3.8) is 0 Å². The Morgan fingerprint density at radius 3 is 2.64 bits per heavy atom. The Labute approximate surface area is 151 Å². The molecule has 0 fully saturated rings. The predicted molar refractivity (Wildman–Crippen MR) is 98.9 cm³/mol. The number of amides is 1. The van der Waals surface area contributed by atoms with E-state index in [0.717, 1.165) is 5.56 Å². The second-order valence-corrected chi connectivity index (χ2v) is 6.09. The van der Waals surface area contributed by atoms with E-state index in [1.807, 2.05) is 30.3 Å². The molecule has 2 aromatic rings. The summed E-state index contributed by atoms with van der Waals surface area (Å²) in [5.74, 6) is 0.106. The number of rotatable bonds is 6. The van der Waals surface area contributed by atoms with Crippen LogP contribution < -0.4 is 5.32 Å². The Balaban J connectivity index is 1.82. The first kappa shape index (κ1) is 18.5. The Kier molecular flexibility index (Phi) is 6.55. The van der Waals surface area contributed by atoms with Gasteiger partial charge in [-0.1, -0.05) is 54.9 Å². The standard InChI is InChI=1S/C19H18ClN3O2/c1-13(2)15-5-3-14(4-6-15)11-22-25-12-19(24)23-17-8-7-16(10-21)18(20)9-17/h3-9,11,13H,12H2,1-2H3,(H,23,24)/b22-11-. The van der Waals surface area contributed by atoms with Crippen LogP contribution in [0.25, 0.3) is 0 Å². The molecule has 0 aromatic heterocycles. The molecule has 6 heteroatoms. The van der Waals surface area contributed by atoms with Crippen molar-refractivity contribution in [2.45, 2.75) is 19.8 Å². The van der Waals surface area contributed by atoms with Crippen molar-refractivity contribution in [2.24, 2.45) is 5.16 Å². The molecule has 2 rings (SSSR count). The number of halogens is 1. The zero-order chi connectivity index (χ0) is 18.2. The van der Waals surface area contributed by atoms with Crippen molar-refractivity contribution in [3.8, 4) is 6.07 Å². The van der Waals surface area contributed by atoms with Crippen LogP contribution in [0, 0.1) is 11.3 Å². The zero-order valence-electron chi connectivity index (χ0n) is 14.0. The molecular formula is C19H18ClN3O2. The summed E-state index contributed by atoms with van der Waals surface area (Å²) < 4.78 is 0. The number of anilines is 1. The average Bonchev–Trinajstić information content (AvgIpc) is 2.59. The quantitative estimate of drug-likeness (QED) is 0.619. The summed E-state index contributed by atoms with van der Waals surface area (Å²) in [6.07, 6.45) is 1.55. The molecule has 0 spiro atoms. The van der Waals surface area contributed by atoms with E-state index in [0.29, 0.717) is 17.2 Å². The van der Waals surface area contributed by atoms with Crippen molar-refractivity contribution in [1.82, 2.24) is 0 Å². The topological polar surface area (TPSA) is 74.5 Å². The lowest BCUT2D eigenvalue weighted by molar-refractivity contribution is -0.120. The second-order valence-electron chi connectivity index (χ2n) is 5.68. The van der Waals surface area contributed by atoms with Gasteiger partial charge >= 0.3 is 0 Å². The summed E-state index contributed by atoms with van der Waals surface area (Å²) in [5.41, 5.74) is 2.98. The number of hydrogen-bond donors (Lipinski definition) is 1. The SMILES string of the molecule is CC(C)c1ccc(/C=N\OCC(=O)Nc2ccc(C#N)c(Cl)c2)cc1. The van der Waals surface area contributed by atoms with Crippen molar-refractivity contribution in [1.29, 1.82) is 5.26 Å². The molecule has 0 bridgehead atoms. The van der Waals surface area contributed by atoms with E-state index in [2.05, 4.69) is 24.3 Å². The van der Waals surface area contributed by atoms with Crippen molar-refractivity contribution < 1.29 is 9.63 Å². The molecule has 128 valence electrons. The molecule has 0 saturated carbocycles. The lowest BCUT2D eigenvalue weighted by Crippen LogP contribution is -2.17. The summed E-state index contributed by atoms with van der Waals surface area (Å²) in [4.78, 5) is 16.8. The Morgan fingerprint density at radius 1 is 1.32 bits per heavy atom. The number of carbonyl (C=O) groups is 1. The molecule has 1 amide bonds. The van der Waals surface area contributed by atoms with Gasteiger partial charge in [0.15, 0.2) is 6.61 Å². The molecule has 0 heterocycles. The zero-order valence-corrected chi connectivity index (χ0v) is 14.7. The van der Waals surface area contributed by atoms with Gasteiger partial charge in [-0.05, 0) is 35.2 Å². The molecule has 25 heavy (non-hydrogen) atoms. The number of oxime groups is 1. The Hall–Kier alpha value is -2.84. The van der Waals surface area contributed by atoms with Gasteiger partial charge in [0.1, 0.15) is 6.07 Å². The number of hydrogen-bond acceptors (Lipinski definition) is 4. The second kappa shape index (κ2) is 8.86. The first-order valence-corrected chi connectivity index (χ1v) is 8.12. The minimum absolute atomic E-state index is 0.224. The fraction of sp³-hybridized carbons (Fsp3) is 0.211. The fourth-order valence-corrected chi connectivity index (χ4v) is 2.26. The molecule has 5 nitrogen and oxygen atoms in total. The summed E-state index contributed by atoms with van der Waals surface area (Å²) in [7, 11) is 0. The van der Waals surface area contributed by atoms with E-state index in [4.69, 9.17) is 21.7 Å². The third kappa shape index (κ3) is 5.63. The first-order chi connectivity index (χ1) is 12.0. The monoisotopic (exact) mass is 355 g/mol. The van der Waals surface area contributed by atoms with E-state index in [1.165, 1.54) is 17.7 Å². The highest BCUT2D eigenvalue weighted by Crippen LogP contribution is 2.20. The van der Waals surface area contributed by atoms with Crippen LogP contribution in [-0.4, -0.2) is 18.7 Å². The van der Waals surface area contributed by atoms with Gasteiger partial charge in [0.05, 0.1) is 16.8 Å². The van der Waals surface area contributed by atoms with Gasteiger partial charge in [0.2, 0.25) is 0 Å². The molecule has 2 aromatic carbocycles. The van der Waals surface area contributed by atoms with Crippen LogP contribution in [0.5, 0.6) is 0 Å². The highest BCUT2D eigenvalue weighted by atomic mass is 35.5. The Bertz CT molecular complexity index is 808. The lowest BCUT2D eigenvalue weighted by Gasteiger charge is -2.05. The minimum Gasteiger partial charge on any atom is -0.386 e. The van der Waals surface area contributed by atoms with E-state index < -0.39 is 0 Å². The molecule has 0 unspecified atom stereocenters. The summed E-state index contributed by atoms with van der Waals surface area (Å²) in [6, 6.07) is 14.6. The maximum atomic E-state index is 11.8. The van der Waals surface area contributed by atoms with E-state index >= 15 is 0 Å². The van der Waals surface area contributed by atoms with Crippen molar-refractivity contribution in [3.05, 3.63) is 64.2 Å². The van der Waals surface area contributed by atoms with Gasteiger partial charge in [-0.3, -0.25) is 4.79 Å². The fourth-order valence-electron chi connectivity index (χ4n) is 2.04. The average molecular weight is 356 g/mol. The number of nitrogens with one attached hydrogen (secondary N) is 1. The van der Waals surface area contributed by atoms with E-state index in [9.17, 15) is 4.79 Å². The molecule has 0 aliphatic carbocycles. The van der Waals surface area contributed by atoms with Gasteiger partial charge in [0.25, 0.3) is 5.91 Å². The van der Waals surface area contributed by atoms with Gasteiger partial charge in [-0.25, -0.2) is 0 Å². The van der Waals surface area contributed by atoms with Crippen LogP contribution >= 0.6 is 11.6 Å². The molecule has 0 saturated heterocycles. The van der Waals surface area contributed by atoms with Crippen LogP contribution in [0.4, 0.5) is 5.69 Å². The number of benzene rings is 2. The van der Waals surface area contributed by atoms with Crippen LogP contribution in [-0.2, 0) is 9.63 Å². The molecule has 0 atom stereocenters. The highest BCUT2D eigenvalue weighted by molar-refractivity contribution is 6.32. The van der Waals surface area contributed by atoms with Crippen LogP contribution in [0.3, 0.4) is 0 Å². The smallest absolute Gasteiger partial charge is 0.265 e. The van der Waals surface area contributed by atoms with Gasteiger partial charge < -0.3 is 10.2 Å². The largest absolute Gasteiger partial charge is 0.386 e. The first-order valence-electron chi connectivity index (χ1n) is 7.74. The van der Waals surface area contributed by atoms with Crippen molar-refractivity contribution in [2.75, 3.05) is 11.9 Å². The molecule has 1 N–H and O–H groups in total. The maximum Gasteiger partial charge on any atom is 0.265 e. The number of carbonyl (C=O) groups excluding carboxylic acids is 1. The summed E-state index contributed by atoms with van der Waals surface area (Å²) in [5, 5.41) is 15.5. The van der Waals surface area contributed by atoms with E-state index in [-0.39, 0.29) is 17.5 Å². The highest BCUT2D eigenvalue weighted by Gasteiger charge is 2.05. The van der Waals surface area contributed by atoms with Gasteiger partial charge in [-0.15, -0.1) is 0 Å². The third-order valence-electron chi connectivity index (χ3n) is 3.45. The Morgan fingerprint density at radius 2 is 2.04 bits per heavy atom. The molecule has 0 radical (unpaired) electrons. The summed E-state index contributed by atoms with van der Waals surface area (Å²) in [6.45, 7) is 4.04. The molecule has 0 aliphatic heterocycles. The lowest BCUT2D eigenvalue weighted by atomic mass is 10.0.